The summed E-state index contributed by atoms with van der Waals surface area (Å²) in [6, 6.07) is 0. The molecule has 0 spiro atoms. The average molecular weight is 312 g/mol. The van der Waals surface area contributed by atoms with E-state index in [1.54, 1.807) is 0 Å². The molecular weight excluding hydrogens is 288 g/mol. The first-order valence-corrected chi connectivity index (χ1v) is 10.7. The molecule has 0 bridgehead atoms. The summed E-state index contributed by atoms with van der Waals surface area (Å²) in [5, 5.41) is 0. The fourth-order valence-corrected chi connectivity index (χ4v) is 3.41. The normalized spacial score (nSPS) is 27.1. The van der Waals surface area contributed by atoms with Gasteiger partial charge in [0.2, 0.25) is 8.32 Å². The van der Waals surface area contributed by atoms with E-state index in [4.69, 9.17) is 18.6 Å². The van der Waals surface area contributed by atoms with Gasteiger partial charge in [0.05, 0.1) is 32.0 Å². The van der Waals surface area contributed by atoms with E-state index in [1.807, 2.05) is 19.1 Å². The summed E-state index contributed by atoms with van der Waals surface area (Å²) in [7, 11) is -0.355. The van der Waals surface area contributed by atoms with Crippen LogP contribution in [0.5, 0.6) is 0 Å². The first kappa shape index (κ1) is 16.3. The highest BCUT2D eigenvalue weighted by Crippen LogP contribution is 2.35. The second kappa shape index (κ2) is 6.33. The van der Waals surface area contributed by atoms with Crippen LogP contribution in [0.1, 0.15) is 6.92 Å². The van der Waals surface area contributed by atoms with Crippen molar-refractivity contribution >= 4 is 14.3 Å². The molecule has 1 fully saturated rings. The van der Waals surface area contributed by atoms with Crippen molar-refractivity contribution in [3.05, 3.63) is 23.5 Å². The third-order valence-electron chi connectivity index (χ3n) is 3.38. The van der Waals surface area contributed by atoms with Gasteiger partial charge < -0.3 is 18.6 Å². The van der Waals surface area contributed by atoms with Gasteiger partial charge in [0.15, 0.2) is 6.29 Å². The molecule has 0 aromatic carbocycles. The van der Waals surface area contributed by atoms with Crippen LogP contribution < -0.4 is 0 Å². The molecular formula is C15H24O5Si. The monoisotopic (exact) mass is 312 g/mol. The van der Waals surface area contributed by atoms with E-state index in [-0.39, 0.29) is 24.1 Å². The molecule has 1 aliphatic heterocycles. The van der Waals surface area contributed by atoms with Gasteiger partial charge in [-0.2, -0.15) is 0 Å². The molecule has 0 amide bonds. The van der Waals surface area contributed by atoms with Crippen molar-refractivity contribution in [2.75, 3.05) is 20.3 Å². The number of hydrogen-bond donors (Lipinski definition) is 0. The molecule has 0 N–H and O–H groups in total. The predicted octanol–water partition coefficient (Wildman–Crippen LogP) is 2.46. The van der Waals surface area contributed by atoms with Crippen LogP contribution in [-0.2, 0) is 23.4 Å². The minimum absolute atomic E-state index is 0.0403. The fourth-order valence-electron chi connectivity index (χ4n) is 2.50. The molecule has 1 saturated heterocycles. The Bertz CT molecular complexity index is 457. The number of allylic oxidation sites excluding steroid dienone is 1. The Balaban J connectivity index is 2.28. The van der Waals surface area contributed by atoms with E-state index < -0.39 is 8.32 Å². The van der Waals surface area contributed by atoms with Gasteiger partial charge in [-0.15, -0.1) is 0 Å². The van der Waals surface area contributed by atoms with Gasteiger partial charge in [0.1, 0.15) is 0 Å². The van der Waals surface area contributed by atoms with Crippen molar-refractivity contribution in [3.8, 4) is 0 Å². The van der Waals surface area contributed by atoms with E-state index in [0.717, 1.165) is 5.76 Å². The first-order valence-electron chi connectivity index (χ1n) is 7.26. The smallest absolute Gasteiger partial charge is 0.334 e. The Labute approximate surface area is 127 Å². The quantitative estimate of drug-likeness (QED) is 0.589. The number of ether oxygens (including phenoxy) is 3. The summed E-state index contributed by atoms with van der Waals surface area (Å²) in [5.41, 5.74) is 0.629. The van der Waals surface area contributed by atoms with Gasteiger partial charge in [-0.1, -0.05) is 13.0 Å². The molecule has 0 aromatic heterocycles. The number of hydrogen-bond acceptors (Lipinski definition) is 5. The minimum atomic E-state index is -1.75. The van der Waals surface area contributed by atoms with E-state index in [0.29, 0.717) is 18.8 Å². The highest BCUT2D eigenvalue weighted by molar-refractivity contribution is 6.70. The number of carbonyl (C=O) groups excluding carboxylic acids is 1. The van der Waals surface area contributed by atoms with E-state index in [2.05, 4.69) is 19.6 Å². The topological polar surface area (TPSA) is 54.0 Å². The molecule has 2 atom stereocenters. The van der Waals surface area contributed by atoms with Crippen molar-refractivity contribution < 1.29 is 23.4 Å². The van der Waals surface area contributed by atoms with Crippen LogP contribution in [0, 0.1) is 11.8 Å². The number of carbonyl (C=O) groups is 1. The summed E-state index contributed by atoms with van der Waals surface area (Å²) in [5.74, 6) is 0.306. The maximum Gasteiger partial charge on any atom is 0.334 e. The summed E-state index contributed by atoms with van der Waals surface area (Å²) >= 11 is 0. The van der Waals surface area contributed by atoms with Crippen LogP contribution in [0.25, 0.3) is 0 Å². The van der Waals surface area contributed by atoms with Crippen LogP contribution in [0.3, 0.4) is 0 Å². The van der Waals surface area contributed by atoms with Gasteiger partial charge in [0, 0.05) is 11.5 Å². The van der Waals surface area contributed by atoms with Crippen molar-refractivity contribution in [2.45, 2.75) is 32.9 Å². The van der Waals surface area contributed by atoms with Gasteiger partial charge >= 0.3 is 5.97 Å². The minimum Gasteiger partial charge on any atom is -0.547 e. The average Bonchev–Trinajstić information content (AvgIpc) is 2.90. The SMILES string of the molecule is COC(=O)C1=C[C@@H](C2OCCO2)C(O[Si](C)(C)C)=C[C@H]1C. The Morgan fingerprint density at radius 2 is 1.86 bits per heavy atom. The fraction of sp³-hybridized carbons (Fsp3) is 0.667. The Morgan fingerprint density at radius 3 is 2.38 bits per heavy atom. The lowest BCUT2D eigenvalue weighted by atomic mass is 9.88. The van der Waals surface area contributed by atoms with Gasteiger partial charge in [0.25, 0.3) is 0 Å². The number of methoxy groups -OCH3 is 1. The van der Waals surface area contributed by atoms with Gasteiger partial charge in [-0.05, 0) is 25.7 Å². The molecule has 21 heavy (non-hydrogen) atoms. The molecule has 0 unspecified atom stereocenters. The Morgan fingerprint density at radius 1 is 1.24 bits per heavy atom. The van der Waals surface area contributed by atoms with Crippen LogP contribution in [0.4, 0.5) is 0 Å². The zero-order valence-electron chi connectivity index (χ0n) is 13.3. The zero-order valence-corrected chi connectivity index (χ0v) is 14.3. The Hall–Kier alpha value is -1.11. The zero-order chi connectivity index (χ0) is 15.6. The third-order valence-corrected chi connectivity index (χ3v) is 4.23. The molecule has 2 aliphatic rings. The second-order valence-corrected chi connectivity index (χ2v) is 10.8. The highest BCUT2D eigenvalue weighted by Gasteiger charge is 2.36. The van der Waals surface area contributed by atoms with Crippen LogP contribution >= 0.6 is 0 Å². The summed E-state index contributed by atoms with van der Waals surface area (Å²) in [4.78, 5) is 11.9. The maximum absolute atomic E-state index is 11.9. The molecule has 2 rings (SSSR count). The largest absolute Gasteiger partial charge is 0.547 e. The standard InChI is InChI=1S/C15H24O5Si/c1-10-8-13(20-21(3,4)5)12(15-18-6-7-19-15)9-11(10)14(16)17-2/h8-10,12,15H,6-7H2,1-5H3/t10-,12-/m1/s1. The van der Waals surface area contributed by atoms with Gasteiger partial charge in [-0.25, -0.2) is 4.79 Å². The van der Waals surface area contributed by atoms with Crippen molar-refractivity contribution in [2.24, 2.45) is 11.8 Å². The van der Waals surface area contributed by atoms with Crippen molar-refractivity contribution in [1.82, 2.24) is 0 Å². The summed E-state index contributed by atoms with van der Waals surface area (Å²) < 4.78 is 22.3. The second-order valence-electron chi connectivity index (χ2n) is 6.32. The first-order chi connectivity index (χ1) is 9.81. The molecule has 6 heteroatoms. The summed E-state index contributed by atoms with van der Waals surface area (Å²) in [6.45, 7) is 9.49. The van der Waals surface area contributed by atoms with Crippen molar-refractivity contribution in [1.29, 1.82) is 0 Å². The van der Waals surface area contributed by atoms with Crippen LogP contribution in [0.2, 0.25) is 19.6 Å². The maximum atomic E-state index is 11.9. The third kappa shape index (κ3) is 3.96. The van der Waals surface area contributed by atoms with E-state index in [9.17, 15) is 4.79 Å². The van der Waals surface area contributed by atoms with Crippen LogP contribution in [-0.4, -0.2) is 40.9 Å². The molecule has 0 aromatic rings. The number of esters is 1. The molecule has 1 heterocycles. The van der Waals surface area contributed by atoms with Gasteiger partial charge in [-0.3, -0.25) is 0 Å². The van der Waals surface area contributed by atoms with Crippen molar-refractivity contribution in [3.63, 3.8) is 0 Å². The lowest BCUT2D eigenvalue weighted by Crippen LogP contribution is -2.34. The molecule has 5 nitrogen and oxygen atoms in total. The predicted molar refractivity (Wildman–Crippen MR) is 81.0 cm³/mol. The highest BCUT2D eigenvalue weighted by atomic mass is 28.4. The molecule has 1 aliphatic carbocycles. The van der Waals surface area contributed by atoms with Crippen LogP contribution in [0.15, 0.2) is 23.5 Å². The lowest BCUT2D eigenvalue weighted by molar-refractivity contribution is -0.136. The van der Waals surface area contributed by atoms with E-state index >= 15 is 0 Å². The van der Waals surface area contributed by atoms with E-state index in [1.165, 1.54) is 7.11 Å². The Kier molecular flexibility index (Phi) is 4.90. The lowest BCUT2D eigenvalue weighted by Gasteiger charge is -2.32. The molecule has 0 radical (unpaired) electrons. The molecule has 0 saturated carbocycles. The number of rotatable bonds is 4. The summed E-state index contributed by atoms with van der Waals surface area (Å²) in [6.07, 6.45) is 3.47. The molecule has 118 valence electrons.